The molecule has 0 N–H and O–H groups in total. The van der Waals surface area contributed by atoms with Gasteiger partial charge in [-0.15, -0.1) is 0 Å². The molecule has 5 aliphatic rings. The van der Waals surface area contributed by atoms with Crippen molar-refractivity contribution >= 4 is 17.3 Å². The quantitative estimate of drug-likeness (QED) is 0.389. The molecule has 0 unspecified atom stereocenters. The first-order valence-corrected chi connectivity index (χ1v) is 14.3. The second kappa shape index (κ2) is 8.52. The van der Waals surface area contributed by atoms with Crippen molar-refractivity contribution in [1.29, 1.82) is 0 Å². The fourth-order valence-electron chi connectivity index (χ4n) is 7.79. The Labute approximate surface area is 225 Å². The topological polar surface area (TPSA) is 42.0 Å². The highest BCUT2D eigenvalue weighted by atomic mass is 16.5. The van der Waals surface area contributed by atoms with E-state index in [0.717, 1.165) is 100 Å². The number of fused-ring (bicyclic) bond motifs is 4. The summed E-state index contributed by atoms with van der Waals surface area (Å²) in [6.07, 6.45) is 8.37. The maximum Gasteiger partial charge on any atom is 0.338 e. The largest absolute Gasteiger partial charge is 0.465 e. The number of carbonyl (C=O) groups is 1. The van der Waals surface area contributed by atoms with Crippen LogP contribution in [0.3, 0.4) is 0 Å². The molecule has 0 saturated heterocycles. The maximum atomic E-state index is 13.1. The van der Waals surface area contributed by atoms with E-state index in [2.05, 4.69) is 21.9 Å². The van der Waals surface area contributed by atoms with Crippen LogP contribution in [0.5, 0.6) is 11.5 Å². The van der Waals surface area contributed by atoms with Gasteiger partial charge in [0.2, 0.25) is 0 Å². The molecule has 5 heterocycles. The van der Waals surface area contributed by atoms with E-state index in [0.29, 0.717) is 11.1 Å². The Morgan fingerprint density at radius 1 is 0.816 bits per heavy atom. The van der Waals surface area contributed by atoms with Crippen LogP contribution in [0.25, 0.3) is 0 Å². The summed E-state index contributed by atoms with van der Waals surface area (Å²) in [7, 11) is 1.42. The molecule has 0 saturated carbocycles. The first-order chi connectivity index (χ1) is 19.1. The minimum absolute atomic E-state index is 0.400. The molecule has 3 aromatic carbocycles. The number of nitrogens with zero attached hydrogens (tertiary/aromatic N) is 2. The van der Waals surface area contributed by atoms with E-state index in [4.69, 9.17) is 9.47 Å². The lowest BCUT2D eigenvalue weighted by atomic mass is 9.75. The number of esters is 1. The third-order valence-electron chi connectivity index (χ3n) is 9.29. The Kier molecular flexibility index (Phi) is 4.81. The van der Waals surface area contributed by atoms with E-state index in [1.165, 1.54) is 40.7 Å². The van der Waals surface area contributed by atoms with Gasteiger partial charge >= 0.3 is 5.97 Å². The Balaban J connectivity index is 1.48. The summed E-state index contributed by atoms with van der Waals surface area (Å²) in [5.41, 5.74) is 10.7. The van der Waals surface area contributed by atoms with Crippen LogP contribution in [0.2, 0.25) is 0 Å². The molecule has 0 aliphatic carbocycles. The number of rotatable bonds is 2. The van der Waals surface area contributed by atoms with Crippen LogP contribution in [0.4, 0.5) is 11.4 Å². The minimum atomic E-state index is -1.29. The van der Waals surface area contributed by atoms with Crippen molar-refractivity contribution in [2.75, 3.05) is 43.1 Å². The molecule has 5 nitrogen and oxygen atoms in total. The van der Waals surface area contributed by atoms with Gasteiger partial charge in [-0.2, -0.15) is 0 Å². The molecule has 0 spiro atoms. The van der Waals surface area contributed by atoms with Crippen molar-refractivity contribution in [3.8, 4) is 11.5 Å². The van der Waals surface area contributed by atoms with Crippen LogP contribution >= 0.6 is 0 Å². The Morgan fingerprint density at radius 3 is 1.89 bits per heavy atom. The van der Waals surface area contributed by atoms with Crippen LogP contribution in [-0.4, -0.2) is 39.3 Å². The van der Waals surface area contributed by atoms with E-state index < -0.39 is 11.9 Å². The number of carbonyl (C=O) groups excluding carboxylic acids is 1. The summed E-state index contributed by atoms with van der Waals surface area (Å²) < 4.78 is 22.8. The molecule has 194 valence electrons. The zero-order valence-electron chi connectivity index (χ0n) is 23.1. The van der Waals surface area contributed by atoms with Crippen molar-refractivity contribution in [3.63, 3.8) is 0 Å². The van der Waals surface area contributed by atoms with E-state index in [-0.39, 0.29) is 0 Å². The summed E-state index contributed by atoms with van der Waals surface area (Å²) in [5, 5.41) is 0. The summed E-state index contributed by atoms with van der Waals surface area (Å²) in [4.78, 5) is 18.2. The average Bonchev–Trinajstić information content (AvgIpc) is 2.98. The smallest absolute Gasteiger partial charge is 0.338 e. The first kappa shape index (κ1) is 21.5. The van der Waals surface area contributed by atoms with Crippen molar-refractivity contribution in [2.45, 2.75) is 57.3 Å². The lowest BCUT2D eigenvalue weighted by molar-refractivity contribution is 0.0599. The Hall–Kier alpha value is -3.47. The van der Waals surface area contributed by atoms with Gasteiger partial charge in [0.25, 0.3) is 0 Å². The molecule has 0 radical (unpaired) electrons. The van der Waals surface area contributed by atoms with Crippen LogP contribution in [0.1, 0.15) is 82.3 Å². The zero-order chi connectivity index (χ0) is 26.3. The fraction of sp³-hybridized carbons (Fsp3) is 0.424. The van der Waals surface area contributed by atoms with Crippen LogP contribution < -0.4 is 14.5 Å². The molecule has 38 heavy (non-hydrogen) atoms. The van der Waals surface area contributed by atoms with E-state index >= 15 is 0 Å². The number of hydrogen-bond acceptors (Lipinski definition) is 5. The number of aryl methyl sites for hydroxylation is 2. The van der Waals surface area contributed by atoms with Gasteiger partial charge in [0.15, 0.2) is 0 Å². The lowest BCUT2D eigenvalue weighted by Crippen LogP contribution is -2.36. The molecule has 0 aromatic heterocycles. The van der Waals surface area contributed by atoms with Crippen LogP contribution in [-0.2, 0) is 30.4 Å². The van der Waals surface area contributed by atoms with E-state index in [1.54, 1.807) is 6.07 Å². The van der Waals surface area contributed by atoms with E-state index in [1.807, 2.05) is 18.2 Å². The van der Waals surface area contributed by atoms with Crippen LogP contribution in [0.15, 0.2) is 36.4 Å². The lowest BCUT2D eigenvalue weighted by Gasteiger charge is -2.43. The molecular formula is C33H34N2O3. The fourth-order valence-corrected chi connectivity index (χ4v) is 7.79. The monoisotopic (exact) mass is 507 g/mol. The summed E-state index contributed by atoms with van der Waals surface area (Å²) in [5.74, 6) is 0.0191. The minimum Gasteiger partial charge on any atom is -0.465 e. The highest BCUT2D eigenvalue weighted by molar-refractivity contribution is 5.92. The Morgan fingerprint density at radius 2 is 1.34 bits per heavy atom. The molecule has 8 rings (SSSR count). The SMILES string of the molecule is [2H]C1(c2ccccc2C(=O)OC)c2cc3c4c(c2Oc2c1cc1c5c2CCCN5CCC1)CCCN4CCC3. The maximum absolute atomic E-state index is 13.1. The highest BCUT2D eigenvalue weighted by Crippen LogP contribution is 2.57. The van der Waals surface area contributed by atoms with Gasteiger partial charge in [-0.3, -0.25) is 0 Å². The molecule has 0 bridgehead atoms. The number of methoxy groups -OCH3 is 1. The van der Waals surface area contributed by atoms with Crippen molar-refractivity contribution in [3.05, 3.63) is 80.9 Å². The number of anilines is 2. The molecular weight excluding hydrogens is 472 g/mol. The molecule has 0 fully saturated rings. The van der Waals surface area contributed by atoms with Crippen molar-refractivity contribution in [1.82, 2.24) is 0 Å². The van der Waals surface area contributed by atoms with E-state index in [9.17, 15) is 6.17 Å². The normalized spacial score (nSPS) is 20.3. The predicted molar refractivity (Wildman–Crippen MR) is 149 cm³/mol. The van der Waals surface area contributed by atoms with Gasteiger partial charge in [0, 0.05) is 67.1 Å². The number of benzene rings is 3. The van der Waals surface area contributed by atoms with Gasteiger partial charge in [0.05, 0.1) is 12.7 Å². The summed E-state index contributed by atoms with van der Waals surface area (Å²) >= 11 is 0. The molecule has 0 amide bonds. The average molecular weight is 508 g/mol. The predicted octanol–water partition coefficient (Wildman–Crippen LogP) is 6.16. The standard InChI is InChI=1S/C33H34N2O3/c1-37-33(36)23-11-3-2-10-22(23)28-26-18-20-8-4-14-34-16-6-12-24(29(20)34)31(26)38-32-25-13-7-17-35-15-5-9-21(30(25)35)19-27(28)32/h2-3,10-11,18-19,28H,4-9,12-17H2,1H3/i28D. The Bertz CT molecular complexity index is 1460. The second-order valence-corrected chi connectivity index (χ2v) is 11.4. The van der Waals surface area contributed by atoms with Gasteiger partial charge in [-0.05, 0) is 86.3 Å². The van der Waals surface area contributed by atoms with Gasteiger partial charge in [-0.25, -0.2) is 4.79 Å². The third-order valence-corrected chi connectivity index (χ3v) is 9.29. The summed E-state index contributed by atoms with van der Waals surface area (Å²) in [6.45, 7) is 4.33. The second-order valence-electron chi connectivity index (χ2n) is 11.4. The summed E-state index contributed by atoms with van der Waals surface area (Å²) in [6, 6.07) is 12.1. The molecule has 3 aromatic rings. The van der Waals surface area contributed by atoms with Crippen LogP contribution in [0, 0.1) is 0 Å². The van der Waals surface area contributed by atoms with Crippen molar-refractivity contribution in [2.24, 2.45) is 0 Å². The van der Waals surface area contributed by atoms with Gasteiger partial charge < -0.3 is 19.3 Å². The first-order valence-electron chi connectivity index (χ1n) is 14.8. The molecule has 5 aliphatic heterocycles. The van der Waals surface area contributed by atoms with Gasteiger partial charge in [-0.1, -0.05) is 18.2 Å². The van der Waals surface area contributed by atoms with Crippen molar-refractivity contribution < 1.29 is 15.6 Å². The molecule has 0 atom stereocenters. The number of ether oxygens (including phenoxy) is 2. The highest BCUT2D eigenvalue weighted by Gasteiger charge is 2.40. The van der Waals surface area contributed by atoms with Gasteiger partial charge in [0.1, 0.15) is 11.5 Å². The zero-order valence-corrected chi connectivity index (χ0v) is 22.1. The number of hydrogen-bond donors (Lipinski definition) is 0. The third kappa shape index (κ3) is 3.14. The molecule has 5 heteroatoms.